The average molecular weight is 196 g/mol. The Bertz CT molecular complexity index is 304. The van der Waals surface area contributed by atoms with Crippen molar-refractivity contribution in [3.05, 3.63) is 12.2 Å². The molecule has 0 aromatic carbocycles. The molecule has 0 saturated carbocycles. The van der Waals surface area contributed by atoms with Crippen LogP contribution >= 0.6 is 0 Å². The van der Waals surface area contributed by atoms with Crippen molar-refractivity contribution >= 4 is 0 Å². The van der Waals surface area contributed by atoms with E-state index in [2.05, 4.69) is 15.4 Å². The summed E-state index contributed by atoms with van der Waals surface area (Å²) < 4.78 is 1.77. The lowest BCUT2D eigenvalue weighted by atomic mass is 9.84. The number of aryl methyl sites for hydroxylation is 1. The number of rotatable bonds is 3. The van der Waals surface area contributed by atoms with Crippen LogP contribution in [-0.2, 0) is 13.5 Å². The van der Waals surface area contributed by atoms with E-state index in [4.69, 9.17) is 0 Å². The van der Waals surface area contributed by atoms with Crippen LogP contribution in [0.15, 0.2) is 6.33 Å². The molecule has 0 spiro atoms. The summed E-state index contributed by atoms with van der Waals surface area (Å²) in [7, 11) is 1.88. The van der Waals surface area contributed by atoms with Gasteiger partial charge in [0.25, 0.3) is 0 Å². The van der Waals surface area contributed by atoms with Gasteiger partial charge in [-0.25, -0.2) is 4.98 Å². The van der Waals surface area contributed by atoms with Crippen LogP contribution in [0.4, 0.5) is 0 Å². The number of hydrogen-bond donors (Lipinski definition) is 2. The largest absolute Gasteiger partial charge is 0.396 e. The first-order valence-electron chi connectivity index (χ1n) is 4.90. The van der Waals surface area contributed by atoms with Crippen molar-refractivity contribution in [1.29, 1.82) is 0 Å². The molecule has 1 aromatic heterocycles. The van der Waals surface area contributed by atoms with Crippen LogP contribution in [-0.4, -0.2) is 39.6 Å². The summed E-state index contributed by atoms with van der Waals surface area (Å²) in [4.78, 5) is 4.19. The van der Waals surface area contributed by atoms with Gasteiger partial charge in [0.05, 0.1) is 6.61 Å². The second kappa shape index (κ2) is 3.67. The van der Waals surface area contributed by atoms with Crippen LogP contribution in [0.5, 0.6) is 0 Å². The van der Waals surface area contributed by atoms with Gasteiger partial charge in [0, 0.05) is 25.4 Å². The van der Waals surface area contributed by atoms with Crippen LogP contribution in [0.1, 0.15) is 12.2 Å². The van der Waals surface area contributed by atoms with Crippen LogP contribution in [0.25, 0.3) is 0 Å². The van der Waals surface area contributed by atoms with E-state index in [1.807, 2.05) is 7.05 Å². The normalized spacial score (nSPS) is 27.0. The van der Waals surface area contributed by atoms with Gasteiger partial charge in [-0.1, -0.05) is 0 Å². The first kappa shape index (κ1) is 9.61. The van der Waals surface area contributed by atoms with Gasteiger partial charge in [0.2, 0.25) is 0 Å². The highest BCUT2D eigenvalue weighted by molar-refractivity contribution is 4.97. The molecule has 2 N–H and O–H groups in total. The fourth-order valence-electron chi connectivity index (χ4n) is 1.95. The van der Waals surface area contributed by atoms with Gasteiger partial charge in [-0.3, -0.25) is 4.68 Å². The third-order valence-electron chi connectivity index (χ3n) is 3.01. The number of aromatic nitrogens is 3. The molecule has 78 valence electrons. The van der Waals surface area contributed by atoms with E-state index >= 15 is 0 Å². The predicted octanol–water partition coefficient (Wildman–Crippen LogP) is -0.670. The summed E-state index contributed by atoms with van der Waals surface area (Å²) in [5.41, 5.74) is -0.0270. The summed E-state index contributed by atoms with van der Waals surface area (Å²) >= 11 is 0. The Morgan fingerprint density at radius 3 is 3.07 bits per heavy atom. The van der Waals surface area contributed by atoms with Crippen LogP contribution in [0, 0.1) is 5.41 Å². The smallest absolute Gasteiger partial charge is 0.138 e. The Morgan fingerprint density at radius 1 is 1.71 bits per heavy atom. The minimum Gasteiger partial charge on any atom is -0.396 e. The van der Waals surface area contributed by atoms with Gasteiger partial charge >= 0.3 is 0 Å². The SMILES string of the molecule is Cn1ncnc1CC1(CO)CCNC1. The molecule has 5 heteroatoms. The maximum absolute atomic E-state index is 9.41. The van der Waals surface area contributed by atoms with Crippen molar-refractivity contribution in [3.8, 4) is 0 Å². The van der Waals surface area contributed by atoms with E-state index in [0.29, 0.717) is 0 Å². The second-order valence-electron chi connectivity index (χ2n) is 4.06. The zero-order valence-corrected chi connectivity index (χ0v) is 8.40. The minimum absolute atomic E-state index is 0.0270. The fraction of sp³-hybridized carbons (Fsp3) is 0.778. The summed E-state index contributed by atoms with van der Waals surface area (Å²) in [5, 5.41) is 16.7. The Kier molecular flexibility index (Phi) is 2.52. The first-order valence-corrected chi connectivity index (χ1v) is 4.90. The lowest BCUT2D eigenvalue weighted by molar-refractivity contribution is 0.139. The van der Waals surface area contributed by atoms with Crippen molar-refractivity contribution in [3.63, 3.8) is 0 Å². The molecule has 1 aliphatic heterocycles. The van der Waals surface area contributed by atoms with Crippen molar-refractivity contribution in [2.24, 2.45) is 12.5 Å². The molecule has 1 aliphatic rings. The second-order valence-corrected chi connectivity index (χ2v) is 4.06. The standard InChI is InChI=1S/C9H16N4O/c1-13-8(11-7-12-13)4-9(6-14)2-3-10-5-9/h7,10,14H,2-6H2,1H3. The molecule has 0 aliphatic carbocycles. The lowest BCUT2D eigenvalue weighted by Crippen LogP contribution is -2.31. The summed E-state index contributed by atoms with van der Waals surface area (Å²) in [6.07, 6.45) is 3.37. The van der Waals surface area contributed by atoms with E-state index in [-0.39, 0.29) is 12.0 Å². The Labute approximate surface area is 83.2 Å². The van der Waals surface area contributed by atoms with Gasteiger partial charge in [0.1, 0.15) is 12.2 Å². The number of aliphatic hydroxyl groups is 1. The number of nitrogens with zero attached hydrogens (tertiary/aromatic N) is 3. The van der Waals surface area contributed by atoms with E-state index in [9.17, 15) is 5.11 Å². The quantitative estimate of drug-likeness (QED) is 0.673. The third kappa shape index (κ3) is 1.65. The van der Waals surface area contributed by atoms with Gasteiger partial charge < -0.3 is 10.4 Å². The molecule has 1 saturated heterocycles. The van der Waals surface area contributed by atoms with Gasteiger partial charge in [-0.05, 0) is 13.0 Å². The van der Waals surface area contributed by atoms with Crippen LogP contribution in [0.2, 0.25) is 0 Å². The number of hydrogen-bond acceptors (Lipinski definition) is 4. The molecule has 1 atom stereocenters. The zero-order valence-electron chi connectivity index (χ0n) is 8.40. The van der Waals surface area contributed by atoms with E-state index < -0.39 is 0 Å². The molecule has 2 heterocycles. The number of nitrogens with one attached hydrogen (secondary N) is 1. The maximum Gasteiger partial charge on any atom is 0.138 e. The van der Waals surface area contributed by atoms with Crippen LogP contribution < -0.4 is 5.32 Å². The zero-order chi connectivity index (χ0) is 10.0. The molecule has 0 radical (unpaired) electrons. The molecule has 0 bridgehead atoms. The molecule has 0 amide bonds. The molecule has 1 aromatic rings. The highest BCUT2D eigenvalue weighted by atomic mass is 16.3. The summed E-state index contributed by atoms with van der Waals surface area (Å²) in [5.74, 6) is 0.947. The third-order valence-corrected chi connectivity index (χ3v) is 3.01. The van der Waals surface area contributed by atoms with Crippen molar-refractivity contribution < 1.29 is 5.11 Å². The van der Waals surface area contributed by atoms with Gasteiger partial charge in [-0.2, -0.15) is 5.10 Å². The molecular formula is C9H16N4O. The van der Waals surface area contributed by atoms with Crippen LogP contribution in [0.3, 0.4) is 0 Å². The van der Waals surface area contributed by atoms with E-state index in [0.717, 1.165) is 31.8 Å². The topological polar surface area (TPSA) is 63.0 Å². The molecule has 5 nitrogen and oxygen atoms in total. The van der Waals surface area contributed by atoms with Gasteiger partial charge in [0.15, 0.2) is 0 Å². The predicted molar refractivity (Wildman–Crippen MR) is 51.7 cm³/mol. The highest BCUT2D eigenvalue weighted by Crippen LogP contribution is 2.28. The summed E-state index contributed by atoms with van der Waals surface area (Å²) in [6, 6.07) is 0. The molecule has 1 unspecified atom stereocenters. The van der Waals surface area contributed by atoms with Crippen molar-refractivity contribution in [2.75, 3.05) is 19.7 Å². The number of aliphatic hydroxyl groups excluding tert-OH is 1. The average Bonchev–Trinajstić information content (AvgIpc) is 2.79. The lowest BCUT2D eigenvalue weighted by Gasteiger charge is -2.24. The molecule has 1 fully saturated rings. The Hall–Kier alpha value is -0.940. The maximum atomic E-state index is 9.41. The van der Waals surface area contributed by atoms with E-state index in [1.165, 1.54) is 0 Å². The molecular weight excluding hydrogens is 180 g/mol. The molecule has 14 heavy (non-hydrogen) atoms. The van der Waals surface area contributed by atoms with E-state index in [1.54, 1.807) is 11.0 Å². The Balaban J connectivity index is 2.12. The minimum atomic E-state index is -0.0270. The molecule has 2 rings (SSSR count). The van der Waals surface area contributed by atoms with Crippen molar-refractivity contribution in [1.82, 2.24) is 20.1 Å². The monoisotopic (exact) mass is 196 g/mol. The highest BCUT2D eigenvalue weighted by Gasteiger charge is 2.34. The van der Waals surface area contributed by atoms with Gasteiger partial charge in [-0.15, -0.1) is 0 Å². The fourth-order valence-corrected chi connectivity index (χ4v) is 1.95. The first-order chi connectivity index (χ1) is 6.76. The van der Waals surface area contributed by atoms with Crippen molar-refractivity contribution in [2.45, 2.75) is 12.8 Å². The summed E-state index contributed by atoms with van der Waals surface area (Å²) in [6.45, 7) is 2.07. The Morgan fingerprint density at radius 2 is 2.57 bits per heavy atom.